The summed E-state index contributed by atoms with van der Waals surface area (Å²) in [5, 5.41) is 11.8. The van der Waals surface area contributed by atoms with Gasteiger partial charge in [-0.2, -0.15) is 0 Å². The van der Waals surface area contributed by atoms with Crippen molar-refractivity contribution < 1.29 is 4.42 Å². The van der Waals surface area contributed by atoms with Crippen LogP contribution in [0.1, 0.15) is 39.0 Å². The molecule has 2 unspecified atom stereocenters. The summed E-state index contributed by atoms with van der Waals surface area (Å²) >= 11 is 0. The zero-order chi connectivity index (χ0) is 14.7. The highest BCUT2D eigenvalue weighted by molar-refractivity contribution is 5.51. The molecular formula is C17H23N3O. The third kappa shape index (κ3) is 3.70. The van der Waals surface area contributed by atoms with Gasteiger partial charge in [-0.25, -0.2) is 0 Å². The molecule has 1 heterocycles. The van der Waals surface area contributed by atoms with Crippen LogP contribution in [-0.2, 0) is 6.54 Å². The fraction of sp³-hybridized carbons (Fsp3) is 0.529. The van der Waals surface area contributed by atoms with Gasteiger partial charge in [0.1, 0.15) is 0 Å². The number of nitrogens with one attached hydrogen (secondary N) is 1. The van der Waals surface area contributed by atoms with Gasteiger partial charge in [-0.05, 0) is 43.2 Å². The molecule has 4 heteroatoms. The van der Waals surface area contributed by atoms with Gasteiger partial charge in [0.2, 0.25) is 11.8 Å². The molecule has 21 heavy (non-hydrogen) atoms. The van der Waals surface area contributed by atoms with E-state index in [0.29, 0.717) is 24.4 Å². The molecule has 4 nitrogen and oxygen atoms in total. The molecule has 1 N–H and O–H groups in total. The van der Waals surface area contributed by atoms with Gasteiger partial charge in [0.25, 0.3) is 0 Å². The summed E-state index contributed by atoms with van der Waals surface area (Å²) < 4.78 is 5.73. The van der Waals surface area contributed by atoms with Gasteiger partial charge in [0.05, 0.1) is 6.54 Å². The number of benzene rings is 1. The maximum Gasteiger partial charge on any atom is 0.247 e. The molecule has 0 radical (unpaired) electrons. The molecule has 0 spiro atoms. The molecular weight excluding hydrogens is 262 g/mol. The molecule has 2 atom stereocenters. The monoisotopic (exact) mass is 285 g/mol. The summed E-state index contributed by atoms with van der Waals surface area (Å²) in [6.07, 6.45) is 3.82. The molecule has 1 aliphatic rings. The summed E-state index contributed by atoms with van der Waals surface area (Å²) in [7, 11) is 0. The summed E-state index contributed by atoms with van der Waals surface area (Å²) in [4.78, 5) is 0. The zero-order valence-corrected chi connectivity index (χ0v) is 12.7. The Hall–Kier alpha value is -1.68. The van der Waals surface area contributed by atoms with Gasteiger partial charge < -0.3 is 9.73 Å². The van der Waals surface area contributed by atoms with Crippen molar-refractivity contribution in [1.82, 2.24) is 15.5 Å². The highest BCUT2D eigenvalue weighted by atomic mass is 16.4. The first-order chi connectivity index (χ1) is 10.2. The zero-order valence-electron chi connectivity index (χ0n) is 12.7. The molecule has 0 amide bonds. The van der Waals surface area contributed by atoms with E-state index in [-0.39, 0.29) is 0 Å². The van der Waals surface area contributed by atoms with E-state index in [0.717, 1.165) is 17.4 Å². The van der Waals surface area contributed by atoms with Crippen LogP contribution in [-0.4, -0.2) is 16.2 Å². The minimum atomic E-state index is 0.566. The van der Waals surface area contributed by atoms with E-state index in [9.17, 15) is 0 Å². The van der Waals surface area contributed by atoms with E-state index in [1.54, 1.807) is 0 Å². The van der Waals surface area contributed by atoms with E-state index in [1.807, 2.05) is 30.3 Å². The van der Waals surface area contributed by atoms with E-state index < -0.39 is 0 Å². The maximum absolute atomic E-state index is 5.73. The van der Waals surface area contributed by atoms with Gasteiger partial charge in [-0.3, -0.25) is 0 Å². The van der Waals surface area contributed by atoms with Crippen molar-refractivity contribution in [3.8, 4) is 11.5 Å². The van der Waals surface area contributed by atoms with E-state index in [4.69, 9.17) is 4.42 Å². The highest BCUT2D eigenvalue weighted by Gasteiger charge is 2.23. The SMILES string of the molecule is CC1CC(C)CC(NCc2nnc(-c3ccccc3)o2)C1. The van der Waals surface area contributed by atoms with Crippen molar-refractivity contribution >= 4 is 0 Å². The van der Waals surface area contributed by atoms with Gasteiger partial charge in [-0.1, -0.05) is 32.0 Å². The number of hydrogen-bond acceptors (Lipinski definition) is 4. The lowest BCUT2D eigenvalue weighted by Gasteiger charge is -2.31. The average Bonchev–Trinajstić information content (AvgIpc) is 2.94. The Balaban J connectivity index is 1.58. The van der Waals surface area contributed by atoms with Crippen molar-refractivity contribution in [2.45, 2.75) is 45.7 Å². The topological polar surface area (TPSA) is 51.0 Å². The molecule has 1 fully saturated rings. The van der Waals surface area contributed by atoms with E-state index in [1.165, 1.54) is 19.3 Å². The van der Waals surface area contributed by atoms with Gasteiger partial charge >= 0.3 is 0 Å². The van der Waals surface area contributed by atoms with Crippen LogP contribution in [0.3, 0.4) is 0 Å². The number of hydrogen-bond donors (Lipinski definition) is 1. The molecule has 1 saturated carbocycles. The van der Waals surface area contributed by atoms with Crippen molar-refractivity contribution in [2.75, 3.05) is 0 Å². The predicted molar refractivity (Wildman–Crippen MR) is 82.5 cm³/mol. The molecule has 0 saturated heterocycles. The average molecular weight is 285 g/mol. The molecule has 3 rings (SSSR count). The maximum atomic E-state index is 5.73. The summed E-state index contributed by atoms with van der Waals surface area (Å²) in [6, 6.07) is 10.5. The van der Waals surface area contributed by atoms with Crippen LogP contribution in [0.5, 0.6) is 0 Å². The quantitative estimate of drug-likeness (QED) is 0.931. The van der Waals surface area contributed by atoms with Gasteiger partial charge in [-0.15, -0.1) is 10.2 Å². The molecule has 2 aromatic rings. The first-order valence-electron chi connectivity index (χ1n) is 7.82. The standard InChI is InChI=1S/C17H23N3O/c1-12-8-13(2)10-15(9-12)18-11-16-19-20-17(21-16)14-6-4-3-5-7-14/h3-7,12-13,15,18H,8-11H2,1-2H3. The van der Waals surface area contributed by atoms with E-state index in [2.05, 4.69) is 29.4 Å². The minimum Gasteiger partial charge on any atom is -0.419 e. The van der Waals surface area contributed by atoms with Crippen molar-refractivity contribution in [3.63, 3.8) is 0 Å². The first-order valence-corrected chi connectivity index (χ1v) is 7.82. The Morgan fingerprint density at radius 3 is 2.48 bits per heavy atom. The third-order valence-electron chi connectivity index (χ3n) is 4.21. The van der Waals surface area contributed by atoms with Crippen LogP contribution in [0.4, 0.5) is 0 Å². The lowest BCUT2D eigenvalue weighted by atomic mass is 9.80. The normalized spacial score (nSPS) is 25.9. The minimum absolute atomic E-state index is 0.566. The van der Waals surface area contributed by atoms with Crippen LogP contribution in [0.2, 0.25) is 0 Å². The summed E-state index contributed by atoms with van der Waals surface area (Å²) in [5.41, 5.74) is 0.969. The van der Waals surface area contributed by atoms with Crippen LogP contribution in [0.15, 0.2) is 34.7 Å². The lowest BCUT2D eigenvalue weighted by molar-refractivity contribution is 0.234. The Bertz CT molecular complexity index is 556. The van der Waals surface area contributed by atoms with Gasteiger partial charge in [0.15, 0.2) is 0 Å². The molecule has 1 aliphatic carbocycles. The Morgan fingerprint density at radius 1 is 1.05 bits per heavy atom. The van der Waals surface area contributed by atoms with Gasteiger partial charge in [0, 0.05) is 11.6 Å². The van der Waals surface area contributed by atoms with Crippen LogP contribution in [0.25, 0.3) is 11.5 Å². The Labute approximate surface area is 126 Å². The fourth-order valence-corrected chi connectivity index (χ4v) is 3.37. The largest absolute Gasteiger partial charge is 0.419 e. The summed E-state index contributed by atoms with van der Waals surface area (Å²) in [6.45, 7) is 5.33. The Kier molecular flexibility index (Phi) is 4.34. The molecule has 112 valence electrons. The molecule has 0 bridgehead atoms. The second-order valence-corrected chi connectivity index (χ2v) is 6.36. The number of aromatic nitrogens is 2. The molecule has 0 aliphatic heterocycles. The van der Waals surface area contributed by atoms with Crippen LogP contribution >= 0.6 is 0 Å². The highest BCUT2D eigenvalue weighted by Crippen LogP contribution is 2.28. The van der Waals surface area contributed by atoms with Crippen molar-refractivity contribution in [1.29, 1.82) is 0 Å². The van der Waals surface area contributed by atoms with Crippen LogP contribution < -0.4 is 5.32 Å². The molecule has 1 aromatic heterocycles. The first kappa shape index (κ1) is 14.3. The van der Waals surface area contributed by atoms with Crippen molar-refractivity contribution in [2.24, 2.45) is 11.8 Å². The van der Waals surface area contributed by atoms with E-state index >= 15 is 0 Å². The van der Waals surface area contributed by atoms with Crippen molar-refractivity contribution in [3.05, 3.63) is 36.2 Å². The smallest absolute Gasteiger partial charge is 0.247 e. The predicted octanol–water partition coefficient (Wildman–Crippen LogP) is 3.65. The third-order valence-corrected chi connectivity index (χ3v) is 4.21. The fourth-order valence-electron chi connectivity index (χ4n) is 3.37. The number of nitrogens with zero attached hydrogens (tertiary/aromatic N) is 2. The Morgan fingerprint density at radius 2 is 1.76 bits per heavy atom. The second kappa shape index (κ2) is 6.39. The lowest BCUT2D eigenvalue weighted by Crippen LogP contribution is -2.35. The molecule has 1 aromatic carbocycles. The second-order valence-electron chi connectivity index (χ2n) is 6.36. The van der Waals surface area contributed by atoms with Crippen LogP contribution in [0, 0.1) is 11.8 Å². The number of rotatable bonds is 4. The summed E-state index contributed by atoms with van der Waals surface area (Å²) in [5.74, 6) is 2.86.